The molecule has 0 saturated carbocycles. The zero-order valence-electron chi connectivity index (χ0n) is 11.9. The lowest BCUT2D eigenvalue weighted by molar-refractivity contribution is -0.146. The first-order valence-electron chi connectivity index (χ1n) is 6.13. The summed E-state index contributed by atoms with van der Waals surface area (Å²) in [6.45, 7) is 5.22. The second-order valence-corrected chi connectivity index (χ2v) is 5.40. The van der Waals surface area contributed by atoms with Gasteiger partial charge in [0.25, 0.3) is 0 Å². The molecule has 2 unspecified atom stereocenters. The second kappa shape index (κ2) is 5.23. The minimum Gasteiger partial charge on any atom is -0.500 e. The molecule has 0 aliphatic heterocycles. The van der Waals surface area contributed by atoms with E-state index in [0.717, 1.165) is 0 Å². The van der Waals surface area contributed by atoms with Crippen molar-refractivity contribution >= 4 is 17.3 Å². The fraction of sp³-hybridized carbons (Fsp3) is 0.643. The molecule has 2 atom stereocenters. The number of allylic oxidation sites excluding steroid dienone is 2. The summed E-state index contributed by atoms with van der Waals surface area (Å²) in [4.78, 5) is 36.5. The van der Waals surface area contributed by atoms with Crippen LogP contribution in [0.5, 0.6) is 0 Å². The van der Waals surface area contributed by atoms with Gasteiger partial charge in [-0.1, -0.05) is 6.92 Å². The zero-order valence-corrected chi connectivity index (χ0v) is 11.9. The van der Waals surface area contributed by atoms with Crippen LogP contribution >= 0.6 is 0 Å². The summed E-state index contributed by atoms with van der Waals surface area (Å²) in [7, 11) is 1.38. The molecule has 0 saturated heterocycles. The number of carbonyl (C=O) groups excluding carboxylic acids is 3. The van der Waals surface area contributed by atoms with Gasteiger partial charge in [0.15, 0.2) is 17.3 Å². The lowest BCUT2D eigenvalue weighted by atomic mass is 9.68. The number of ketones is 3. The molecule has 1 aliphatic rings. The number of hydrogen-bond donors (Lipinski definition) is 0. The third-order valence-electron chi connectivity index (χ3n) is 3.62. The van der Waals surface area contributed by atoms with Crippen LogP contribution in [0.3, 0.4) is 0 Å². The maximum Gasteiger partial charge on any atom is 0.179 e. The van der Waals surface area contributed by atoms with Crippen molar-refractivity contribution in [3.05, 3.63) is 11.3 Å². The SMILES string of the molecule is COC1=C(C)C(=O)C(C(=O)C(C)CF)C(=O)C1(C)C. The van der Waals surface area contributed by atoms with Crippen LogP contribution in [-0.4, -0.2) is 31.1 Å². The quantitative estimate of drug-likeness (QED) is 0.732. The molecule has 0 fully saturated rings. The molecule has 0 heterocycles. The van der Waals surface area contributed by atoms with Crippen LogP contribution in [0.4, 0.5) is 4.39 Å². The van der Waals surface area contributed by atoms with Crippen LogP contribution in [0.1, 0.15) is 27.7 Å². The van der Waals surface area contributed by atoms with E-state index >= 15 is 0 Å². The topological polar surface area (TPSA) is 60.4 Å². The first kappa shape index (κ1) is 15.5. The molecule has 0 spiro atoms. The predicted molar refractivity (Wildman–Crippen MR) is 67.1 cm³/mol. The Labute approximate surface area is 112 Å². The fourth-order valence-corrected chi connectivity index (χ4v) is 2.42. The number of alkyl halides is 1. The zero-order chi connectivity index (χ0) is 15.0. The van der Waals surface area contributed by atoms with Gasteiger partial charge in [-0.2, -0.15) is 0 Å². The molecule has 19 heavy (non-hydrogen) atoms. The summed E-state index contributed by atoms with van der Waals surface area (Å²) in [5.41, 5.74) is -0.792. The fourth-order valence-electron chi connectivity index (χ4n) is 2.42. The number of hydrogen-bond acceptors (Lipinski definition) is 4. The van der Waals surface area contributed by atoms with Crippen LogP contribution < -0.4 is 0 Å². The molecule has 0 N–H and O–H groups in total. The minimum atomic E-state index is -1.40. The number of ether oxygens (including phenoxy) is 1. The Balaban J connectivity index is 3.33. The lowest BCUT2D eigenvalue weighted by Crippen LogP contribution is -2.48. The molecule has 106 valence electrons. The number of rotatable bonds is 4. The van der Waals surface area contributed by atoms with E-state index in [4.69, 9.17) is 4.74 Å². The maximum absolute atomic E-state index is 12.6. The van der Waals surface area contributed by atoms with E-state index < -0.39 is 41.3 Å². The third-order valence-corrected chi connectivity index (χ3v) is 3.62. The van der Waals surface area contributed by atoms with Gasteiger partial charge in [0.05, 0.1) is 19.2 Å². The van der Waals surface area contributed by atoms with Crippen molar-refractivity contribution in [3.63, 3.8) is 0 Å². The summed E-state index contributed by atoms with van der Waals surface area (Å²) < 4.78 is 17.7. The van der Waals surface area contributed by atoms with Gasteiger partial charge in [-0.05, 0) is 20.8 Å². The highest BCUT2D eigenvalue weighted by molar-refractivity contribution is 6.27. The van der Waals surface area contributed by atoms with E-state index in [1.165, 1.54) is 21.0 Å². The van der Waals surface area contributed by atoms with E-state index in [2.05, 4.69) is 0 Å². The van der Waals surface area contributed by atoms with Gasteiger partial charge in [-0.3, -0.25) is 18.8 Å². The number of Topliss-reactive ketones (excluding diaryl/α,β-unsaturated/α-hetero) is 3. The van der Waals surface area contributed by atoms with E-state index in [9.17, 15) is 18.8 Å². The van der Waals surface area contributed by atoms with Crippen molar-refractivity contribution in [3.8, 4) is 0 Å². The van der Waals surface area contributed by atoms with Gasteiger partial charge in [0.1, 0.15) is 11.7 Å². The van der Waals surface area contributed by atoms with E-state index in [1.807, 2.05) is 0 Å². The van der Waals surface area contributed by atoms with Crippen molar-refractivity contribution in [2.24, 2.45) is 17.3 Å². The van der Waals surface area contributed by atoms with E-state index in [-0.39, 0.29) is 11.3 Å². The van der Waals surface area contributed by atoms with Gasteiger partial charge in [0.2, 0.25) is 0 Å². The highest BCUT2D eigenvalue weighted by Crippen LogP contribution is 2.39. The molecule has 0 amide bonds. The largest absolute Gasteiger partial charge is 0.500 e. The van der Waals surface area contributed by atoms with Gasteiger partial charge in [-0.15, -0.1) is 0 Å². The Morgan fingerprint density at radius 2 is 1.95 bits per heavy atom. The molecule has 0 radical (unpaired) electrons. The van der Waals surface area contributed by atoms with Crippen LogP contribution in [0.15, 0.2) is 11.3 Å². The molecular formula is C14H19FO4. The van der Waals surface area contributed by atoms with Crippen molar-refractivity contribution in [1.29, 1.82) is 0 Å². The van der Waals surface area contributed by atoms with Crippen LogP contribution in [0.2, 0.25) is 0 Å². The molecule has 0 bridgehead atoms. The summed E-state index contributed by atoms with van der Waals surface area (Å²) in [5, 5.41) is 0. The van der Waals surface area contributed by atoms with Crippen molar-refractivity contribution in [2.45, 2.75) is 27.7 Å². The van der Waals surface area contributed by atoms with Gasteiger partial charge in [-0.25, -0.2) is 0 Å². The number of halogens is 1. The minimum absolute atomic E-state index is 0.261. The average Bonchev–Trinajstić information content (AvgIpc) is 2.36. The van der Waals surface area contributed by atoms with Crippen LogP contribution in [-0.2, 0) is 19.1 Å². The predicted octanol–water partition coefficient (Wildman–Crippen LogP) is 1.88. The smallest absolute Gasteiger partial charge is 0.179 e. The van der Waals surface area contributed by atoms with Crippen LogP contribution in [0.25, 0.3) is 0 Å². The molecule has 0 aromatic carbocycles. The summed E-state index contributed by atoms with van der Waals surface area (Å²) in [6.07, 6.45) is 0. The third kappa shape index (κ3) is 2.33. The van der Waals surface area contributed by atoms with Crippen molar-refractivity contribution in [1.82, 2.24) is 0 Å². The standard InChI is InChI=1S/C14H19FO4/c1-7(6-15)10(16)9-11(17)8(2)13(19-5)14(3,4)12(9)18/h7,9H,6H2,1-5H3. The van der Waals surface area contributed by atoms with Gasteiger partial charge >= 0.3 is 0 Å². The first-order chi connectivity index (χ1) is 8.69. The maximum atomic E-state index is 12.6. The Bertz CT molecular complexity index is 462. The average molecular weight is 270 g/mol. The van der Waals surface area contributed by atoms with Crippen LogP contribution in [0, 0.1) is 17.3 Å². The highest BCUT2D eigenvalue weighted by Gasteiger charge is 2.51. The normalized spacial score (nSPS) is 24.4. The first-order valence-corrected chi connectivity index (χ1v) is 6.13. The van der Waals surface area contributed by atoms with Crippen molar-refractivity contribution in [2.75, 3.05) is 13.8 Å². The molecule has 1 rings (SSSR count). The number of carbonyl (C=O) groups is 3. The Hall–Kier alpha value is -1.52. The van der Waals surface area contributed by atoms with E-state index in [0.29, 0.717) is 0 Å². The Kier molecular flexibility index (Phi) is 4.28. The Morgan fingerprint density at radius 1 is 1.42 bits per heavy atom. The second-order valence-electron chi connectivity index (χ2n) is 5.40. The summed E-state index contributed by atoms with van der Waals surface area (Å²) in [5.74, 6) is -3.83. The lowest BCUT2D eigenvalue weighted by Gasteiger charge is -2.35. The monoisotopic (exact) mass is 270 g/mol. The molecular weight excluding hydrogens is 251 g/mol. The highest BCUT2D eigenvalue weighted by atomic mass is 19.1. The Morgan fingerprint density at radius 3 is 2.37 bits per heavy atom. The molecule has 0 aromatic rings. The molecule has 1 aliphatic carbocycles. The van der Waals surface area contributed by atoms with E-state index in [1.54, 1.807) is 13.8 Å². The molecule has 0 aromatic heterocycles. The van der Waals surface area contributed by atoms with Crippen molar-refractivity contribution < 1.29 is 23.5 Å². The van der Waals surface area contributed by atoms with Gasteiger partial charge in [0, 0.05) is 11.5 Å². The molecule has 5 heteroatoms. The van der Waals surface area contributed by atoms with Gasteiger partial charge < -0.3 is 4.74 Å². The number of methoxy groups -OCH3 is 1. The molecule has 4 nitrogen and oxygen atoms in total. The summed E-state index contributed by atoms with van der Waals surface area (Å²) >= 11 is 0. The summed E-state index contributed by atoms with van der Waals surface area (Å²) in [6, 6.07) is 0.